The standard InChI is InChI=1S/C21H23N5O3/c1-4-29-17-11-9-16(10-12-17)22-21(28)20-15(3)26(25-24-20)13-19(27)23-18-8-6-5-7-14(18)2/h5-12H,4,13H2,1-3H3,(H,22,28)(H,23,27). The summed E-state index contributed by atoms with van der Waals surface area (Å²) in [6.45, 7) is 6.06. The van der Waals surface area contributed by atoms with Crippen molar-refractivity contribution in [2.24, 2.45) is 0 Å². The predicted molar refractivity (Wildman–Crippen MR) is 110 cm³/mol. The maximum Gasteiger partial charge on any atom is 0.278 e. The molecule has 3 rings (SSSR count). The highest BCUT2D eigenvalue weighted by molar-refractivity contribution is 6.03. The lowest BCUT2D eigenvalue weighted by molar-refractivity contribution is -0.117. The second kappa shape index (κ2) is 9.01. The molecule has 0 spiro atoms. The van der Waals surface area contributed by atoms with Gasteiger partial charge in [-0.25, -0.2) is 4.68 Å². The van der Waals surface area contributed by atoms with Crippen LogP contribution in [-0.2, 0) is 11.3 Å². The molecule has 1 aromatic heterocycles. The van der Waals surface area contributed by atoms with Crippen molar-refractivity contribution in [2.45, 2.75) is 27.3 Å². The number of hydrogen-bond acceptors (Lipinski definition) is 5. The van der Waals surface area contributed by atoms with E-state index < -0.39 is 5.91 Å². The van der Waals surface area contributed by atoms with Crippen molar-refractivity contribution in [3.63, 3.8) is 0 Å². The number of aromatic nitrogens is 3. The van der Waals surface area contributed by atoms with Gasteiger partial charge in [0.05, 0.1) is 12.3 Å². The number of nitrogens with zero attached hydrogens (tertiary/aromatic N) is 3. The molecule has 0 saturated carbocycles. The quantitative estimate of drug-likeness (QED) is 0.642. The van der Waals surface area contributed by atoms with Crippen LogP contribution in [0.15, 0.2) is 48.5 Å². The largest absolute Gasteiger partial charge is 0.494 e. The molecule has 0 saturated heterocycles. The topological polar surface area (TPSA) is 98.1 Å². The van der Waals surface area contributed by atoms with Gasteiger partial charge in [0.1, 0.15) is 12.3 Å². The van der Waals surface area contributed by atoms with Crippen LogP contribution in [0.4, 0.5) is 11.4 Å². The molecule has 0 atom stereocenters. The van der Waals surface area contributed by atoms with Gasteiger partial charge in [0, 0.05) is 11.4 Å². The molecule has 2 N–H and O–H groups in total. The van der Waals surface area contributed by atoms with Crippen LogP contribution in [0.2, 0.25) is 0 Å². The number of amides is 2. The van der Waals surface area contributed by atoms with E-state index >= 15 is 0 Å². The lowest BCUT2D eigenvalue weighted by atomic mass is 10.2. The highest BCUT2D eigenvalue weighted by Gasteiger charge is 2.18. The number of carbonyl (C=O) groups excluding carboxylic acids is 2. The number of carbonyl (C=O) groups is 2. The second-order valence-electron chi connectivity index (χ2n) is 6.46. The Balaban J connectivity index is 1.64. The molecular weight excluding hydrogens is 370 g/mol. The summed E-state index contributed by atoms with van der Waals surface area (Å²) < 4.78 is 6.79. The summed E-state index contributed by atoms with van der Waals surface area (Å²) in [6.07, 6.45) is 0. The minimum Gasteiger partial charge on any atom is -0.494 e. The summed E-state index contributed by atoms with van der Waals surface area (Å²) in [7, 11) is 0. The van der Waals surface area contributed by atoms with Gasteiger partial charge in [0.25, 0.3) is 5.91 Å². The van der Waals surface area contributed by atoms with Crippen molar-refractivity contribution in [1.29, 1.82) is 0 Å². The molecule has 2 amide bonds. The van der Waals surface area contributed by atoms with E-state index in [4.69, 9.17) is 4.74 Å². The summed E-state index contributed by atoms with van der Waals surface area (Å²) in [5.41, 5.74) is 3.00. The number of para-hydroxylation sites is 1. The molecule has 8 heteroatoms. The fourth-order valence-electron chi connectivity index (χ4n) is 2.75. The second-order valence-corrected chi connectivity index (χ2v) is 6.46. The Labute approximate surface area is 168 Å². The summed E-state index contributed by atoms with van der Waals surface area (Å²) in [6, 6.07) is 14.6. The van der Waals surface area contributed by atoms with Crippen molar-refractivity contribution in [2.75, 3.05) is 17.2 Å². The van der Waals surface area contributed by atoms with Crippen LogP contribution >= 0.6 is 0 Å². The van der Waals surface area contributed by atoms with E-state index in [1.54, 1.807) is 31.2 Å². The summed E-state index contributed by atoms with van der Waals surface area (Å²) in [4.78, 5) is 24.9. The Morgan fingerprint density at radius 3 is 2.45 bits per heavy atom. The molecule has 0 aliphatic carbocycles. The molecule has 3 aromatic rings. The van der Waals surface area contributed by atoms with Crippen molar-refractivity contribution in [3.05, 3.63) is 65.5 Å². The Morgan fingerprint density at radius 2 is 1.76 bits per heavy atom. The number of benzene rings is 2. The first kappa shape index (κ1) is 20.1. The number of nitrogens with one attached hydrogen (secondary N) is 2. The number of aryl methyl sites for hydroxylation is 1. The molecule has 0 aliphatic heterocycles. The van der Waals surface area contributed by atoms with Crippen LogP contribution in [0, 0.1) is 13.8 Å². The highest BCUT2D eigenvalue weighted by atomic mass is 16.5. The lowest BCUT2D eigenvalue weighted by Crippen LogP contribution is -2.21. The number of hydrogen-bond donors (Lipinski definition) is 2. The van der Waals surface area contributed by atoms with Gasteiger partial charge < -0.3 is 15.4 Å². The zero-order chi connectivity index (χ0) is 20.8. The molecule has 0 unspecified atom stereocenters. The molecular formula is C21H23N5O3. The fraction of sp³-hybridized carbons (Fsp3) is 0.238. The maximum absolute atomic E-state index is 12.5. The smallest absolute Gasteiger partial charge is 0.278 e. The first-order valence-corrected chi connectivity index (χ1v) is 9.27. The van der Waals surface area contributed by atoms with Crippen LogP contribution in [0.3, 0.4) is 0 Å². The molecule has 2 aromatic carbocycles. The Kier molecular flexibility index (Phi) is 6.23. The normalized spacial score (nSPS) is 10.4. The van der Waals surface area contributed by atoms with E-state index in [0.29, 0.717) is 18.0 Å². The van der Waals surface area contributed by atoms with Crippen molar-refractivity contribution < 1.29 is 14.3 Å². The average Bonchev–Trinajstić information content (AvgIpc) is 3.06. The first-order valence-electron chi connectivity index (χ1n) is 9.27. The third-order valence-electron chi connectivity index (χ3n) is 4.33. The van der Waals surface area contributed by atoms with Crippen LogP contribution in [0.25, 0.3) is 0 Å². The van der Waals surface area contributed by atoms with E-state index in [-0.39, 0.29) is 18.1 Å². The van der Waals surface area contributed by atoms with Crippen LogP contribution in [-0.4, -0.2) is 33.4 Å². The monoisotopic (exact) mass is 393 g/mol. The van der Waals surface area contributed by atoms with E-state index in [9.17, 15) is 9.59 Å². The molecule has 8 nitrogen and oxygen atoms in total. The van der Waals surface area contributed by atoms with Gasteiger partial charge in [-0.15, -0.1) is 5.10 Å². The van der Waals surface area contributed by atoms with Crippen LogP contribution in [0.1, 0.15) is 28.7 Å². The minimum absolute atomic E-state index is 0.0382. The third-order valence-corrected chi connectivity index (χ3v) is 4.33. The molecule has 0 fully saturated rings. The van der Waals surface area contributed by atoms with E-state index in [2.05, 4.69) is 20.9 Å². The Hall–Kier alpha value is -3.68. The van der Waals surface area contributed by atoms with Gasteiger partial charge >= 0.3 is 0 Å². The van der Waals surface area contributed by atoms with Crippen molar-refractivity contribution in [3.8, 4) is 5.75 Å². The maximum atomic E-state index is 12.5. The number of ether oxygens (including phenoxy) is 1. The lowest BCUT2D eigenvalue weighted by Gasteiger charge is -2.09. The van der Waals surface area contributed by atoms with Gasteiger partial charge in [0.2, 0.25) is 5.91 Å². The van der Waals surface area contributed by atoms with Crippen LogP contribution in [0.5, 0.6) is 5.75 Å². The molecule has 29 heavy (non-hydrogen) atoms. The number of rotatable bonds is 7. The number of anilines is 2. The highest BCUT2D eigenvalue weighted by Crippen LogP contribution is 2.17. The molecule has 0 bridgehead atoms. The zero-order valence-corrected chi connectivity index (χ0v) is 16.6. The van der Waals surface area contributed by atoms with Gasteiger partial charge in [-0.1, -0.05) is 23.4 Å². The molecule has 0 aliphatic rings. The Morgan fingerprint density at radius 1 is 1.03 bits per heavy atom. The van der Waals surface area contributed by atoms with E-state index in [1.807, 2.05) is 38.1 Å². The fourth-order valence-corrected chi connectivity index (χ4v) is 2.75. The molecule has 150 valence electrons. The summed E-state index contributed by atoms with van der Waals surface area (Å²) >= 11 is 0. The summed E-state index contributed by atoms with van der Waals surface area (Å²) in [5, 5.41) is 13.5. The van der Waals surface area contributed by atoms with Crippen molar-refractivity contribution >= 4 is 23.2 Å². The predicted octanol–water partition coefficient (Wildman–Crippen LogP) is 3.18. The molecule has 0 radical (unpaired) electrons. The average molecular weight is 393 g/mol. The molecule has 1 heterocycles. The third kappa shape index (κ3) is 4.98. The van der Waals surface area contributed by atoms with Crippen LogP contribution < -0.4 is 15.4 Å². The van der Waals surface area contributed by atoms with E-state index in [0.717, 1.165) is 17.0 Å². The van der Waals surface area contributed by atoms with Crippen molar-refractivity contribution in [1.82, 2.24) is 15.0 Å². The first-order chi connectivity index (χ1) is 14.0. The van der Waals surface area contributed by atoms with Gasteiger partial charge in [-0.05, 0) is 56.7 Å². The van der Waals surface area contributed by atoms with Gasteiger partial charge in [-0.2, -0.15) is 0 Å². The minimum atomic E-state index is -0.391. The zero-order valence-electron chi connectivity index (χ0n) is 16.6. The van der Waals surface area contributed by atoms with Gasteiger partial charge in [0.15, 0.2) is 5.69 Å². The van der Waals surface area contributed by atoms with E-state index in [1.165, 1.54) is 4.68 Å². The SMILES string of the molecule is CCOc1ccc(NC(=O)c2nnn(CC(=O)Nc3ccccc3C)c2C)cc1. The summed E-state index contributed by atoms with van der Waals surface area (Å²) in [5.74, 6) is 0.0929. The Bertz CT molecular complexity index is 1010. The van der Waals surface area contributed by atoms with Gasteiger partial charge in [-0.3, -0.25) is 9.59 Å².